The van der Waals surface area contributed by atoms with Gasteiger partial charge in [-0.3, -0.25) is 9.78 Å². The number of ether oxygens (including phenoxy) is 2. The Hall–Kier alpha value is -2.74. The highest BCUT2D eigenvalue weighted by molar-refractivity contribution is 7.17. The number of nitrogens with one attached hydrogen (secondary N) is 1. The maximum absolute atomic E-state index is 12.6. The third-order valence-corrected chi connectivity index (χ3v) is 5.41. The summed E-state index contributed by atoms with van der Waals surface area (Å²) in [6.45, 7) is 3.12. The molecule has 8 heteroatoms. The second-order valence-corrected chi connectivity index (χ2v) is 7.84. The Labute approximate surface area is 167 Å². The first-order chi connectivity index (χ1) is 13.5. The van der Waals surface area contributed by atoms with E-state index in [1.165, 1.54) is 17.5 Å². The highest BCUT2D eigenvalue weighted by atomic mass is 32.1. The highest BCUT2D eigenvalue weighted by Gasteiger charge is 2.28. The van der Waals surface area contributed by atoms with Crippen LogP contribution in [0.4, 0.5) is 5.00 Å². The highest BCUT2D eigenvalue weighted by Crippen LogP contribution is 2.38. The Morgan fingerprint density at radius 2 is 2.00 bits per heavy atom. The lowest BCUT2D eigenvalue weighted by Gasteiger charge is -2.14. The van der Waals surface area contributed by atoms with Crippen LogP contribution in [0.1, 0.15) is 57.8 Å². The monoisotopic (exact) mass is 402 g/mol. The number of fused-ring (bicyclic) bond motifs is 1. The summed E-state index contributed by atoms with van der Waals surface area (Å²) in [7, 11) is 0. The van der Waals surface area contributed by atoms with Crippen molar-refractivity contribution >= 4 is 34.2 Å². The Morgan fingerprint density at radius 3 is 2.71 bits per heavy atom. The molecule has 0 aliphatic heterocycles. The van der Waals surface area contributed by atoms with Crippen molar-refractivity contribution in [2.24, 2.45) is 0 Å². The van der Waals surface area contributed by atoms with Crippen LogP contribution in [0.3, 0.4) is 0 Å². The number of aryl methyl sites for hydroxylation is 1. The number of aromatic nitrogens is 1. The summed E-state index contributed by atoms with van der Waals surface area (Å²) in [4.78, 5) is 41.8. The maximum atomic E-state index is 12.6. The Balaban J connectivity index is 1.70. The van der Waals surface area contributed by atoms with Crippen LogP contribution in [0.5, 0.6) is 0 Å². The van der Waals surface area contributed by atoms with Crippen LogP contribution in [0, 0.1) is 0 Å². The number of nitrogens with zero attached hydrogens (tertiary/aromatic N) is 1. The quantitative estimate of drug-likeness (QED) is 0.745. The molecule has 0 aromatic carbocycles. The van der Waals surface area contributed by atoms with Crippen LogP contribution in [0.15, 0.2) is 24.5 Å². The zero-order chi connectivity index (χ0) is 20.1. The van der Waals surface area contributed by atoms with Gasteiger partial charge < -0.3 is 14.8 Å². The predicted octanol–water partition coefficient (Wildman–Crippen LogP) is 3.38. The lowest BCUT2D eigenvalue weighted by Crippen LogP contribution is -2.22. The van der Waals surface area contributed by atoms with E-state index in [0.717, 1.165) is 36.1 Å². The van der Waals surface area contributed by atoms with E-state index in [-0.39, 0.29) is 11.7 Å². The first kappa shape index (κ1) is 20.0. The number of esters is 2. The van der Waals surface area contributed by atoms with Crippen molar-refractivity contribution < 1.29 is 23.9 Å². The Bertz CT molecular complexity index is 876. The summed E-state index contributed by atoms with van der Waals surface area (Å²) in [6, 6.07) is 3.17. The van der Waals surface area contributed by atoms with Gasteiger partial charge in [0.25, 0.3) is 5.91 Å². The summed E-state index contributed by atoms with van der Waals surface area (Å²) >= 11 is 1.39. The van der Waals surface area contributed by atoms with Crippen LogP contribution < -0.4 is 5.32 Å². The fraction of sp³-hybridized carbons (Fsp3) is 0.400. The molecule has 1 amide bonds. The lowest BCUT2D eigenvalue weighted by molar-refractivity contribution is -0.119. The number of thiophene rings is 1. The van der Waals surface area contributed by atoms with Gasteiger partial charge in [0.1, 0.15) is 5.00 Å². The molecule has 7 nitrogen and oxygen atoms in total. The molecule has 148 valence electrons. The van der Waals surface area contributed by atoms with Gasteiger partial charge in [-0.25, -0.2) is 9.59 Å². The van der Waals surface area contributed by atoms with E-state index in [4.69, 9.17) is 9.47 Å². The van der Waals surface area contributed by atoms with Gasteiger partial charge in [0.2, 0.25) is 0 Å². The van der Waals surface area contributed by atoms with Gasteiger partial charge in [0, 0.05) is 17.3 Å². The van der Waals surface area contributed by atoms with Crippen molar-refractivity contribution in [3.63, 3.8) is 0 Å². The maximum Gasteiger partial charge on any atom is 0.341 e. The van der Waals surface area contributed by atoms with Crippen molar-refractivity contribution in [3.05, 3.63) is 46.1 Å². The van der Waals surface area contributed by atoms with Crippen molar-refractivity contribution in [2.45, 2.75) is 45.6 Å². The normalized spacial score (nSPS) is 13.0. The largest absolute Gasteiger partial charge is 0.459 e. The zero-order valence-corrected chi connectivity index (χ0v) is 16.6. The lowest BCUT2D eigenvalue weighted by atomic mass is 9.95. The van der Waals surface area contributed by atoms with Gasteiger partial charge in [-0.2, -0.15) is 0 Å². The number of hydrogen-bond donors (Lipinski definition) is 1. The van der Waals surface area contributed by atoms with Gasteiger partial charge in [-0.05, 0) is 57.2 Å². The molecule has 2 heterocycles. The van der Waals surface area contributed by atoms with Crippen LogP contribution in [0.25, 0.3) is 0 Å². The smallest absolute Gasteiger partial charge is 0.341 e. The molecule has 0 radical (unpaired) electrons. The average Bonchev–Trinajstić information content (AvgIpc) is 3.04. The second-order valence-electron chi connectivity index (χ2n) is 6.74. The number of carbonyl (C=O) groups excluding carboxylic acids is 3. The van der Waals surface area contributed by atoms with Crippen molar-refractivity contribution in [2.75, 3.05) is 11.9 Å². The van der Waals surface area contributed by atoms with Crippen LogP contribution in [-0.4, -0.2) is 35.5 Å². The molecular formula is C20H22N2O5S. The molecule has 2 aromatic heterocycles. The first-order valence-corrected chi connectivity index (χ1v) is 10.00. The minimum atomic E-state index is -0.631. The summed E-state index contributed by atoms with van der Waals surface area (Å²) in [6.07, 6.45) is 6.39. The van der Waals surface area contributed by atoms with E-state index in [9.17, 15) is 14.4 Å². The molecule has 0 atom stereocenters. The molecule has 0 fully saturated rings. The molecule has 0 bridgehead atoms. The molecule has 1 N–H and O–H groups in total. The van der Waals surface area contributed by atoms with Crippen molar-refractivity contribution in [3.8, 4) is 0 Å². The van der Waals surface area contributed by atoms with Gasteiger partial charge in [0.05, 0.1) is 17.2 Å². The van der Waals surface area contributed by atoms with E-state index in [1.807, 2.05) is 0 Å². The average molecular weight is 402 g/mol. The van der Waals surface area contributed by atoms with Crippen molar-refractivity contribution in [1.82, 2.24) is 4.98 Å². The molecule has 0 spiro atoms. The number of pyridine rings is 1. The molecular weight excluding hydrogens is 380 g/mol. The predicted molar refractivity (Wildman–Crippen MR) is 105 cm³/mol. The van der Waals surface area contributed by atoms with E-state index in [2.05, 4.69) is 10.3 Å². The number of carbonyl (C=O) groups is 3. The van der Waals surface area contributed by atoms with Crippen LogP contribution in [-0.2, 0) is 27.1 Å². The number of rotatable bonds is 6. The first-order valence-electron chi connectivity index (χ1n) is 9.18. The third kappa shape index (κ3) is 4.75. The van der Waals surface area contributed by atoms with E-state index < -0.39 is 24.5 Å². The summed E-state index contributed by atoms with van der Waals surface area (Å²) in [5.41, 5.74) is 1.66. The fourth-order valence-corrected chi connectivity index (χ4v) is 4.30. The number of hydrogen-bond acceptors (Lipinski definition) is 7. The Morgan fingerprint density at radius 1 is 1.21 bits per heavy atom. The molecule has 1 aliphatic rings. The van der Waals surface area contributed by atoms with E-state index >= 15 is 0 Å². The van der Waals surface area contributed by atoms with E-state index in [0.29, 0.717) is 10.6 Å². The van der Waals surface area contributed by atoms with Crippen LogP contribution in [0.2, 0.25) is 0 Å². The molecule has 28 heavy (non-hydrogen) atoms. The third-order valence-electron chi connectivity index (χ3n) is 4.20. The molecule has 3 rings (SSSR count). The number of anilines is 1. The molecule has 0 saturated heterocycles. The molecule has 1 aliphatic carbocycles. The van der Waals surface area contributed by atoms with E-state index in [1.54, 1.807) is 32.2 Å². The SMILES string of the molecule is CC(C)OC(=O)c1c(NC(=O)COC(=O)c2cccnc2)sc2c1CCCC2. The molecule has 0 unspecified atom stereocenters. The topological polar surface area (TPSA) is 94.6 Å². The van der Waals surface area contributed by atoms with Crippen molar-refractivity contribution in [1.29, 1.82) is 0 Å². The van der Waals surface area contributed by atoms with Crippen LogP contribution >= 0.6 is 11.3 Å². The minimum absolute atomic E-state index is 0.254. The summed E-state index contributed by atoms with van der Waals surface area (Å²) < 4.78 is 10.4. The molecule has 0 saturated carbocycles. The standard InChI is InChI=1S/C20H22N2O5S/c1-12(2)27-20(25)17-14-7-3-4-8-15(14)28-18(17)22-16(23)11-26-19(24)13-6-5-9-21-10-13/h5-6,9-10,12H,3-4,7-8,11H2,1-2H3,(H,22,23). The zero-order valence-electron chi connectivity index (χ0n) is 15.8. The minimum Gasteiger partial charge on any atom is -0.459 e. The molecule has 2 aromatic rings. The number of amides is 1. The second kappa shape index (κ2) is 8.97. The van der Waals surface area contributed by atoms with Gasteiger partial charge in [-0.15, -0.1) is 11.3 Å². The Kier molecular flexibility index (Phi) is 6.41. The summed E-state index contributed by atoms with van der Waals surface area (Å²) in [5, 5.41) is 3.17. The van der Waals surface area contributed by atoms with Gasteiger partial charge in [-0.1, -0.05) is 0 Å². The fourth-order valence-electron chi connectivity index (χ4n) is 3.00. The van der Waals surface area contributed by atoms with Gasteiger partial charge >= 0.3 is 11.9 Å². The summed E-state index contributed by atoms with van der Waals surface area (Å²) in [5.74, 6) is -1.57. The van der Waals surface area contributed by atoms with Gasteiger partial charge in [0.15, 0.2) is 6.61 Å².